The molecule has 0 radical (unpaired) electrons. The van der Waals surface area contributed by atoms with E-state index in [2.05, 4.69) is 77.5 Å². The van der Waals surface area contributed by atoms with Gasteiger partial charge in [-0.2, -0.15) is 0 Å². The average Bonchev–Trinajstić information content (AvgIpc) is 2.84. The van der Waals surface area contributed by atoms with Crippen molar-refractivity contribution in [3.63, 3.8) is 0 Å². The highest BCUT2D eigenvalue weighted by atomic mass is 35.5. The van der Waals surface area contributed by atoms with Crippen molar-refractivity contribution in [1.82, 2.24) is 10.2 Å². The molecule has 2 aliphatic rings. The van der Waals surface area contributed by atoms with Crippen LogP contribution in [0.25, 0.3) is 0 Å². The van der Waals surface area contributed by atoms with Crippen LogP contribution < -0.4 is 10.2 Å². The Kier molecular flexibility index (Phi) is 9.23. The molecular formula is C29H35Cl2N3O. The maximum absolute atomic E-state index is 12.6. The third-order valence-electron chi connectivity index (χ3n) is 7.26. The van der Waals surface area contributed by atoms with Crippen LogP contribution in [0, 0.1) is 34.7 Å². The summed E-state index contributed by atoms with van der Waals surface area (Å²) in [6, 6.07) is 21.0. The Hall–Kier alpha value is -2.53. The van der Waals surface area contributed by atoms with Crippen molar-refractivity contribution in [3.05, 3.63) is 98.2 Å². The van der Waals surface area contributed by atoms with Crippen LogP contribution in [0.4, 0.5) is 5.69 Å². The second-order valence-electron chi connectivity index (χ2n) is 9.32. The van der Waals surface area contributed by atoms with Gasteiger partial charge in [0.15, 0.2) is 0 Å². The number of halogens is 2. The lowest BCUT2D eigenvalue weighted by atomic mass is 9.99. The van der Waals surface area contributed by atoms with Crippen LogP contribution in [0.1, 0.15) is 34.3 Å². The van der Waals surface area contributed by atoms with E-state index in [-0.39, 0.29) is 30.7 Å². The Labute approximate surface area is 220 Å². The van der Waals surface area contributed by atoms with Gasteiger partial charge in [-0.15, -0.1) is 24.8 Å². The van der Waals surface area contributed by atoms with Gasteiger partial charge in [0.1, 0.15) is 0 Å². The molecule has 5 rings (SSSR count). The highest BCUT2D eigenvalue weighted by Gasteiger charge is 2.18. The topological polar surface area (TPSA) is 35.6 Å². The Morgan fingerprint density at radius 1 is 0.800 bits per heavy atom. The number of rotatable bonds is 7. The molecule has 0 aromatic heterocycles. The average molecular weight is 513 g/mol. The summed E-state index contributed by atoms with van der Waals surface area (Å²) >= 11 is 0. The molecule has 4 nitrogen and oxygen atoms in total. The van der Waals surface area contributed by atoms with Gasteiger partial charge in [0.25, 0.3) is 5.91 Å². The number of aryl methyl sites for hydroxylation is 1. The summed E-state index contributed by atoms with van der Waals surface area (Å²) in [5, 5.41) is 8.08. The number of hydrogen-bond donors (Lipinski definition) is 1. The molecule has 1 fully saturated rings. The molecule has 1 heterocycles. The Morgan fingerprint density at radius 2 is 1.49 bits per heavy atom. The first-order valence-electron chi connectivity index (χ1n) is 12.2. The zero-order valence-corrected chi connectivity index (χ0v) is 22.2. The zero-order chi connectivity index (χ0) is 22.8. The summed E-state index contributed by atoms with van der Waals surface area (Å²) in [5.41, 5.74) is 4.91. The largest absolute Gasteiger partial charge is 0.369 e. The fraction of sp³-hybridized carbons (Fsp3) is 0.345. The quantitative estimate of drug-likeness (QED) is 0.339. The van der Waals surface area contributed by atoms with Gasteiger partial charge < -0.3 is 10.2 Å². The number of unbranched alkanes of at least 4 members (excludes halogenated alkanes) is 1. The summed E-state index contributed by atoms with van der Waals surface area (Å²) in [6.07, 6.45) is 2.12. The lowest BCUT2D eigenvalue weighted by Gasteiger charge is -2.37. The maximum Gasteiger partial charge on any atom is 0.251 e. The lowest BCUT2D eigenvalue weighted by molar-refractivity contribution is 0.0952. The van der Waals surface area contributed by atoms with Gasteiger partial charge >= 0.3 is 0 Å². The van der Waals surface area contributed by atoms with E-state index in [1.54, 1.807) is 0 Å². The SMILES string of the molecule is Cc1cccc(N2CCN(CCCCNC(=O)c3ccc4c(c3)=c3ccccc3=4)CC2)c1C.Cl.Cl. The van der Waals surface area contributed by atoms with Crippen LogP contribution >= 0.6 is 24.8 Å². The molecular weight excluding hydrogens is 477 g/mol. The van der Waals surface area contributed by atoms with Crippen molar-refractivity contribution in [2.24, 2.45) is 0 Å². The maximum atomic E-state index is 12.6. The molecule has 0 bridgehead atoms. The molecule has 3 aromatic carbocycles. The molecule has 0 atom stereocenters. The molecule has 1 N–H and O–H groups in total. The molecule has 0 saturated carbocycles. The predicted octanol–water partition coefficient (Wildman–Crippen LogP) is 5.37. The summed E-state index contributed by atoms with van der Waals surface area (Å²) < 4.78 is 0. The first-order chi connectivity index (χ1) is 16.1. The van der Waals surface area contributed by atoms with Gasteiger partial charge in [-0.1, -0.05) is 42.5 Å². The van der Waals surface area contributed by atoms with Gasteiger partial charge in [0.2, 0.25) is 0 Å². The molecule has 35 heavy (non-hydrogen) atoms. The van der Waals surface area contributed by atoms with Gasteiger partial charge in [0.05, 0.1) is 0 Å². The Balaban J connectivity index is 0.00000171. The summed E-state index contributed by atoms with van der Waals surface area (Å²) in [6.45, 7) is 10.6. The molecule has 1 aliphatic carbocycles. The number of anilines is 1. The third kappa shape index (κ3) is 5.66. The van der Waals surface area contributed by atoms with Crippen LogP contribution in [0.2, 0.25) is 0 Å². The molecule has 1 saturated heterocycles. The highest BCUT2D eigenvalue weighted by molar-refractivity contribution is 5.94. The summed E-state index contributed by atoms with van der Waals surface area (Å²) in [4.78, 5) is 17.7. The monoisotopic (exact) mass is 511 g/mol. The van der Waals surface area contributed by atoms with E-state index in [9.17, 15) is 4.79 Å². The minimum absolute atomic E-state index is 0. The van der Waals surface area contributed by atoms with Crippen LogP contribution in [0.15, 0.2) is 60.7 Å². The molecule has 0 unspecified atom stereocenters. The van der Waals surface area contributed by atoms with Gasteiger partial charge in [-0.05, 0) is 83.4 Å². The first kappa shape index (κ1) is 27.1. The number of nitrogens with one attached hydrogen (secondary N) is 1. The van der Waals surface area contributed by atoms with E-state index in [4.69, 9.17) is 0 Å². The van der Waals surface area contributed by atoms with Crippen LogP contribution in [0.3, 0.4) is 0 Å². The summed E-state index contributed by atoms with van der Waals surface area (Å²) in [7, 11) is 0. The number of carbonyl (C=O) groups excluding carboxylic acids is 1. The van der Waals surface area contributed by atoms with Crippen molar-refractivity contribution >= 4 is 36.4 Å². The molecule has 6 heteroatoms. The van der Waals surface area contributed by atoms with Crippen molar-refractivity contribution in [2.45, 2.75) is 26.7 Å². The number of hydrogen-bond acceptors (Lipinski definition) is 3. The van der Waals surface area contributed by atoms with Crippen LogP contribution in [-0.2, 0) is 0 Å². The Bertz CT molecular complexity index is 1370. The number of carbonyl (C=O) groups is 1. The third-order valence-corrected chi connectivity index (χ3v) is 7.26. The number of nitrogens with zero attached hydrogens (tertiary/aromatic N) is 2. The minimum atomic E-state index is 0. The van der Waals surface area contributed by atoms with Gasteiger partial charge in [0, 0.05) is 44.0 Å². The lowest BCUT2D eigenvalue weighted by Crippen LogP contribution is -2.47. The molecule has 1 aliphatic heterocycles. The van der Waals surface area contributed by atoms with Gasteiger partial charge in [-0.25, -0.2) is 0 Å². The molecule has 0 spiro atoms. The molecule has 3 aromatic rings. The van der Waals surface area contributed by atoms with Crippen molar-refractivity contribution in [1.29, 1.82) is 0 Å². The van der Waals surface area contributed by atoms with E-state index in [1.165, 1.54) is 37.7 Å². The predicted molar refractivity (Wildman–Crippen MR) is 149 cm³/mol. The molecule has 186 valence electrons. The fourth-order valence-corrected chi connectivity index (χ4v) is 5.09. The van der Waals surface area contributed by atoms with Crippen molar-refractivity contribution in [3.8, 4) is 0 Å². The van der Waals surface area contributed by atoms with E-state index in [0.717, 1.165) is 57.7 Å². The second kappa shape index (κ2) is 11.9. The van der Waals surface area contributed by atoms with Crippen LogP contribution in [-0.4, -0.2) is 50.1 Å². The van der Waals surface area contributed by atoms with Gasteiger partial charge in [-0.3, -0.25) is 9.69 Å². The fourth-order valence-electron chi connectivity index (χ4n) is 5.09. The normalized spacial score (nSPS) is 14.1. The van der Waals surface area contributed by atoms with E-state index >= 15 is 0 Å². The van der Waals surface area contributed by atoms with E-state index in [1.807, 2.05) is 12.1 Å². The standard InChI is InChI=1S/C29H33N3O.2ClH/c1-21-8-7-11-28(22(21)2)32-18-16-31(17-19-32)15-6-5-14-30-29(33)23-12-13-26-24-9-3-4-10-25(24)27(26)20-23;;/h3-4,7-13,20H,5-6,14-19H2,1-2H3,(H,30,33);2*1H. The smallest absolute Gasteiger partial charge is 0.251 e. The Morgan fingerprint density at radius 3 is 2.23 bits per heavy atom. The number of piperazine rings is 1. The zero-order valence-electron chi connectivity index (χ0n) is 20.5. The summed E-state index contributed by atoms with van der Waals surface area (Å²) in [5.74, 6) is 0.0318. The minimum Gasteiger partial charge on any atom is -0.369 e. The number of fused-ring (bicyclic) bond motifs is 2. The van der Waals surface area contributed by atoms with E-state index in [0.29, 0.717) is 0 Å². The van der Waals surface area contributed by atoms with Crippen molar-refractivity contribution < 1.29 is 4.79 Å². The highest BCUT2D eigenvalue weighted by Crippen LogP contribution is 2.24. The van der Waals surface area contributed by atoms with Crippen molar-refractivity contribution in [2.75, 3.05) is 44.2 Å². The van der Waals surface area contributed by atoms with Crippen LogP contribution in [0.5, 0.6) is 0 Å². The number of amides is 1. The molecule has 1 amide bonds. The second-order valence-corrected chi connectivity index (χ2v) is 9.32. The van der Waals surface area contributed by atoms with E-state index < -0.39 is 0 Å². The first-order valence-corrected chi connectivity index (χ1v) is 12.2. The number of benzene rings is 3.